The number of hydrogen-bond acceptors (Lipinski definition) is 5. The van der Waals surface area contributed by atoms with E-state index < -0.39 is 6.10 Å². The number of benzene rings is 2. The minimum Gasteiger partial charge on any atom is -0.491 e. The molecule has 0 fully saturated rings. The highest BCUT2D eigenvalue weighted by Crippen LogP contribution is 2.16. The first-order chi connectivity index (χ1) is 12.6. The molecule has 0 saturated heterocycles. The summed E-state index contributed by atoms with van der Waals surface area (Å²) in [5.74, 6) is 0.696. The van der Waals surface area contributed by atoms with Crippen molar-refractivity contribution in [1.29, 1.82) is 5.26 Å². The van der Waals surface area contributed by atoms with E-state index in [-0.39, 0.29) is 12.6 Å². The largest absolute Gasteiger partial charge is 0.491 e. The molecule has 5 heteroatoms. The predicted octanol–water partition coefficient (Wildman–Crippen LogP) is 2.38. The Labute approximate surface area is 155 Å². The minimum atomic E-state index is -0.590. The molecule has 0 bridgehead atoms. The molecular formula is C21H27N3O2. The highest BCUT2D eigenvalue weighted by atomic mass is 16.5. The highest BCUT2D eigenvalue weighted by molar-refractivity contribution is 5.28. The van der Waals surface area contributed by atoms with Crippen molar-refractivity contribution in [2.75, 3.05) is 33.8 Å². The molecule has 2 aromatic rings. The Bertz CT molecular complexity index is 681. The van der Waals surface area contributed by atoms with E-state index in [2.05, 4.69) is 42.5 Å². The van der Waals surface area contributed by atoms with E-state index in [9.17, 15) is 5.11 Å². The number of likely N-dealkylation sites (N-methyl/N-ethyl adjacent to an activating group) is 1. The van der Waals surface area contributed by atoms with Crippen molar-refractivity contribution in [2.45, 2.75) is 18.6 Å². The maximum Gasteiger partial charge on any atom is 0.119 e. The van der Waals surface area contributed by atoms with Gasteiger partial charge in [0.25, 0.3) is 0 Å². The van der Waals surface area contributed by atoms with Crippen molar-refractivity contribution in [3.63, 3.8) is 0 Å². The number of nitrogens with zero attached hydrogens (tertiary/aromatic N) is 2. The van der Waals surface area contributed by atoms with Crippen LogP contribution in [0.1, 0.15) is 17.2 Å². The summed E-state index contributed by atoms with van der Waals surface area (Å²) in [6.07, 6.45) is -0.200. The molecule has 5 nitrogen and oxygen atoms in total. The lowest BCUT2D eigenvalue weighted by Crippen LogP contribution is -2.37. The number of nitrogens with one attached hydrogen (secondary N) is 1. The minimum absolute atomic E-state index is 0.225. The van der Waals surface area contributed by atoms with Gasteiger partial charge in [-0.1, -0.05) is 42.5 Å². The third-order valence-corrected chi connectivity index (χ3v) is 4.17. The van der Waals surface area contributed by atoms with Crippen LogP contribution >= 0.6 is 0 Å². The lowest BCUT2D eigenvalue weighted by atomic mass is 10.1. The molecule has 0 amide bonds. The summed E-state index contributed by atoms with van der Waals surface area (Å²) in [4.78, 5) is 2.16. The van der Waals surface area contributed by atoms with E-state index in [0.29, 0.717) is 18.7 Å². The summed E-state index contributed by atoms with van der Waals surface area (Å²) in [7, 11) is 4.10. The molecule has 0 radical (unpaired) electrons. The molecule has 2 N–H and O–H groups in total. The summed E-state index contributed by atoms with van der Waals surface area (Å²) < 4.78 is 5.61. The zero-order valence-corrected chi connectivity index (χ0v) is 15.4. The molecule has 0 saturated carbocycles. The molecule has 138 valence electrons. The maximum absolute atomic E-state index is 10.1. The van der Waals surface area contributed by atoms with Gasteiger partial charge in [-0.25, -0.2) is 0 Å². The summed E-state index contributed by atoms with van der Waals surface area (Å²) in [6, 6.07) is 20.1. The van der Waals surface area contributed by atoms with Crippen molar-refractivity contribution in [1.82, 2.24) is 10.2 Å². The number of aliphatic hydroxyl groups excluding tert-OH is 1. The van der Waals surface area contributed by atoms with Crippen LogP contribution in [0.25, 0.3) is 0 Å². The quantitative estimate of drug-likeness (QED) is 0.686. The fourth-order valence-electron chi connectivity index (χ4n) is 2.71. The fraction of sp³-hybridized carbons (Fsp3) is 0.381. The van der Waals surface area contributed by atoms with Crippen LogP contribution in [-0.4, -0.2) is 49.9 Å². The van der Waals surface area contributed by atoms with Crippen molar-refractivity contribution in [3.05, 3.63) is 65.7 Å². The van der Waals surface area contributed by atoms with Crippen LogP contribution in [0.2, 0.25) is 0 Å². The van der Waals surface area contributed by atoms with Gasteiger partial charge in [0.05, 0.1) is 12.5 Å². The zero-order chi connectivity index (χ0) is 18.8. The second-order valence-electron chi connectivity index (χ2n) is 6.49. The van der Waals surface area contributed by atoms with Crippen LogP contribution in [0, 0.1) is 11.3 Å². The van der Waals surface area contributed by atoms with Gasteiger partial charge in [-0.3, -0.25) is 0 Å². The van der Waals surface area contributed by atoms with Gasteiger partial charge in [0.2, 0.25) is 0 Å². The Morgan fingerprint density at radius 3 is 2.38 bits per heavy atom. The van der Waals surface area contributed by atoms with Crippen molar-refractivity contribution in [3.8, 4) is 11.8 Å². The van der Waals surface area contributed by atoms with E-state index in [1.807, 2.05) is 42.5 Å². The van der Waals surface area contributed by atoms with Crippen LogP contribution in [0.5, 0.6) is 5.75 Å². The standard InChI is InChI=1S/C21H27N3O2/c1-24(2)21(18-6-4-3-5-7-18)15-23-14-19(25)16-26-20-10-8-17(9-11-20)12-13-22/h3-11,19,21,23,25H,12,14-16H2,1-2H3. The van der Waals surface area contributed by atoms with Crippen LogP contribution in [0.3, 0.4) is 0 Å². The van der Waals surface area contributed by atoms with Gasteiger partial charge >= 0.3 is 0 Å². The molecular weight excluding hydrogens is 326 g/mol. The molecule has 0 heterocycles. The van der Waals surface area contributed by atoms with Crippen molar-refractivity contribution in [2.24, 2.45) is 0 Å². The van der Waals surface area contributed by atoms with Crippen LogP contribution < -0.4 is 10.1 Å². The first-order valence-electron chi connectivity index (χ1n) is 8.79. The van der Waals surface area contributed by atoms with E-state index in [4.69, 9.17) is 10.00 Å². The van der Waals surface area contributed by atoms with Gasteiger partial charge in [0, 0.05) is 19.1 Å². The van der Waals surface area contributed by atoms with E-state index in [0.717, 1.165) is 12.1 Å². The Balaban J connectivity index is 1.74. The summed E-state index contributed by atoms with van der Waals surface area (Å²) in [5.41, 5.74) is 2.20. The number of rotatable bonds is 10. The van der Waals surface area contributed by atoms with Gasteiger partial charge in [0.1, 0.15) is 18.5 Å². The van der Waals surface area contributed by atoms with Gasteiger partial charge in [-0.15, -0.1) is 0 Å². The molecule has 2 atom stereocenters. The maximum atomic E-state index is 10.1. The molecule has 0 aliphatic heterocycles. The first-order valence-corrected chi connectivity index (χ1v) is 8.79. The second kappa shape index (κ2) is 10.6. The first kappa shape index (κ1) is 19.9. The molecule has 2 aromatic carbocycles. The van der Waals surface area contributed by atoms with E-state index in [1.54, 1.807) is 0 Å². The zero-order valence-electron chi connectivity index (χ0n) is 15.4. The number of nitriles is 1. The van der Waals surface area contributed by atoms with Crippen LogP contribution in [0.15, 0.2) is 54.6 Å². The van der Waals surface area contributed by atoms with Gasteiger partial charge in [-0.05, 0) is 37.4 Å². The highest BCUT2D eigenvalue weighted by Gasteiger charge is 2.14. The van der Waals surface area contributed by atoms with E-state index >= 15 is 0 Å². The third kappa shape index (κ3) is 6.49. The lowest BCUT2D eigenvalue weighted by Gasteiger charge is -2.25. The molecule has 0 aliphatic carbocycles. The molecule has 0 spiro atoms. The average molecular weight is 353 g/mol. The van der Waals surface area contributed by atoms with Crippen LogP contribution in [-0.2, 0) is 6.42 Å². The van der Waals surface area contributed by atoms with E-state index in [1.165, 1.54) is 5.56 Å². The van der Waals surface area contributed by atoms with Gasteiger partial charge < -0.3 is 20.1 Å². The molecule has 2 unspecified atom stereocenters. The Hall–Kier alpha value is -2.39. The SMILES string of the molecule is CN(C)C(CNCC(O)COc1ccc(CC#N)cc1)c1ccccc1. The normalized spacial score (nSPS) is 13.2. The molecule has 0 aromatic heterocycles. The number of hydrogen-bond donors (Lipinski definition) is 2. The molecule has 2 rings (SSSR count). The smallest absolute Gasteiger partial charge is 0.119 e. The molecule has 26 heavy (non-hydrogen) atoms. The van der Waals surface area contributed by atoms with Crippen LogP contribution in [0.4, 0.5) is 0 Å². The summed E-state index contributed by atoms with van der Waals surface area (Å²) in [6.45, 7) is 1.43. The third-order valence-electron chi connectivity index (χ3n) is 4.17. The summed E-state index contributed by atoms with van der Waals surface area (Å²) in [5, 5.41) is 22.1. The number of ether oxygens (including phenoxy) is 1. The monoisotopic (exact) mass is 353 g/mol. The molecule has 0 aliphatic rings. The Kier molecular flexibility index (Phi) is 8.10. The Morgan fingerprint density at radius 1 is 1.08 bits per heavy atom. The average Bonchev–Trinajstić information content (AvgIpc) is 2.65. The Morgan fingerprint density at radius 2 is 1.77 bits per heavy atom. The summed E-state index contributed by atoms with van der Waals surface area (Å²) >= 11 is 0. The van der Waals surface area contributed by atoms with Crippen molar-refractivity contribution < 1.29 is 9.84 Å². The second-order valence-corrected chi connectivity index (χ2v) is 6.49. The van der Waals surface area contributed by atoms with Crippen molar-refractivity contribution >= 4 is 0 Å². The number of aliphatic hydroxyl groups is 1. The predicted molar refractivity (Wildman–Crippen MR) is 103 cm³/mol. The van der Waals surface area contributed by atoms with Gasteiger partial charge in [0.15, 0.2) is 0 Å². The lowest BCUT2D eigenvalue weighted by molar-refractivity contribution is 0.104. The topological polar surface area (TPSA) is 68.5 Å². The fourth-order valence-corrected chi connectivity index (χ4v) is 2.71. The van der Waals surface area contributed by atoms with Gasteiger partial charge in [-0.2, -0.15) is 5.26 Å².